The molecule has 5 nitrogen and oxygen atoms in total. The third kappa shape index (κ3) is 5.09. The van der Waals surface area contributed by atoms with Crippen molar-refractivity contribution in [3.63, 3.8) is 0 Å². The van der Waals surface area contributed by atoms with Crippen LogP contribution in [0.5, 0.6) is 0 Å². The van der Waals surface area contributed by atoms with Gasteiger partial charge in [-0.05, 0) is 17.7 Å². The molecule has 0 aromatic heterocycles. The van der Waals surface area contributed by atoms with Crippen molar-refractivity contribution < 1.29 is 14.4 Å². The predicted molar refractivity (Wildman–Crippen MR) is 112 cm³/mol. The lowest BCUT2D eigenvalue weighted by atomic mass is 9.99. The van der Waals surface area contributed by atoms with Crippen LogP contribution < -0.4 is 11.1 Å². The molecule has 6 heteroatoms. The fraction of sp³-hybridized carbons (Fsp3) is 0.0870. The van der Waals surface area contributed by atoms with Gasteiger partial charge in [-0.25, -0.2) is 0 Å². The first-order valence-electron chi connectivity index (χ1n) is 8.99. The van der Waals surface area contributed by atoms with Gasteiger partial charge in [0.1, 0.15) is 6.04 Å². The van der Waals surface area contributed by atoms with Gasteiger partial charge in [-0.15, -0.1) is 0 Å². The molecule has 0 spiro atoms. The Bertz CT molecular complexity index is 1030. The van der Waals surface area contributed by atoms with Crippen molar-refractivity contribution in [1.29, 1.82) is 0 Å². The molecule has 0 aliphatic rings. The van der Waals surface area contributed by atoms with Crippen LogP contribution in [0, 0.1) is 0 Å². The minimum absolute atomic E-state index is 0.0874. The smallest absolute Gasteiger partial charge is 0.253 e. The maximum Gasteiger partial charge on any atom is 0.253 e. The van der Waals surface area contributed by atoms with Crippen LogP contribution in [0.15, 0.2) is 78.9 Å². The molecule has 3 rings (SSSR count). The van der Waals surface area contributed by atoms with Crippen molar-refractivity contribution in [2.45, 2.75) is 12.5 Å². The van der Waals surface area contributed by atoms with Gasteiger partial charge in [0.2, 0.25) is 5.91 Å². The number of nitrogens with two attached hydrogens (primary N) is 1. The molecule has 3 N–H and O–H groups in total. The van der Waals surface area contributed by atoms with Gasteiger partial charge in [0.25, 0.3) is 5.91 Å². The van der Waals surface area contributed by atoms with E-state index in [0.29, 0.717) is 11.1 Å². The van der Waals surface area contributed by atoms with Crippen LogP contribution in [0.25, 0.3) is 0 Å². The standard InChI is InChI=1S/C23H19ClN2O3/c24-19-9-5-4-8-18(19)23(29)26-20(22(25)28)14-15-10-12-17(13-11-15)21(27)16-6-2-1-3-7-16/h1-13,20H,14H2,(H2,25,28)(H,26,29)/t20-/m1/s1. The Hall–Kier alpha value is -3.44. The monoisotopic (exact) mass is 406 g/mol. The van der Waals surface area contributed by atoms with Crippen molar-refractivity contribution in [2.75, 3.05) is 0 Å². The van der Waals surface area contributed by atoms with E-state index < -0.39 is 17.9 Å². The molecular formula is C23H19ClN2O3. The number of benzene rings is 3. The van der Waals surface area contributed by atoms with Gasteiger partial charge >= 0.3 is 0 Å². The van der Waals surface area contributed by atoms with Crippen LogP contribution in [-0.2, 0) is 11.2 Å². The molecule has 0 bridgehead atoms. The molecule has 0 unspecified atom stereocenters. The molecule has 3 aromatic rings. The number of rotatable bonds is 7. The Kier molecular flexibility index (Phi) is 6.42. The number of hydrogen-bond donors (Lipinski definition) is 2. The molecular weight excluding hydrogens is 388 g/mol. The second-order valence-electron chi connectivity index (χ2n) is 6.50. The summed E-state index contributed by atoms with van der Waals surface area (Å²) < 4.78 is 0. The third-order valence-electron chi connectivity index (χ3n) is 4.46. The van der Waals surface area contributed by atoms with Crippen molar-refractivity contribution in [2.24, 2.45) is 5.73 Å². The zero-order valence-electron chi connectivity index (χ0n) is 15.5. The molecule has 0 radical (unpaired) electrons. The molecule has 0 heterocycles. The minimum Gasteiger partial charge on any atom is -0.368 e. The van der Waals surface area contributed by atoms with Gasteiger partial charge in [-0.2, -0.15) is 0 Å². The van der Waals surface area contributed by atoms with Gasteiger partial charge in [-0.3, -0.25) is 14.4 Å². The first-order valence-corrected chi connectivity index (χ1v) is 9.37. The number of ketones is 1. The second-order valence-corrected chi connectivity index (χ2v) is 6.91. The summed E-state index contributed by atoms with van der Waals surface area (Å²) in [4.78, 5) is 36.7. The van der Waals surface area contributed by atoms with Gasteiger partial charge in [0.05, 0.1) is 10.6 Å². The van der Waals surface area contributed by atoms with E-state index in [2.05, 4.69) is 5.32 Å². The summed E-state index contributed by atoms with van der Waals surface area (Å²) in [7, 11) is 0. The Balaban J connectivity index is 1.71. The Morgan fingerprint density at radius 3 is 2.03 bits per heavy atom. The van der Waals surface area contributed by atoms with E-state index in [4.69, 9.17) is 17.3 Å². The molecule has 0 aliphatic carbocycles. The van der Waals surface area contributed by atoms with Crippen LogP contribution in [0.2, 0.25) is 5.02 Å². The second kappa shape index (κ2) is 9.17. The van der Waals surface area contributed by atoms with Crippen molar-refractivity contribution in [3.05, 3.63) is 106 Å². The summed E-state index contributed by atoms with van der Waals surface area (Å²) >= 11 is 6.03. The summed E-state index contributed by atoms with van der Waals surface area (Å²) in [6.07, 6.45) is 0.200. The Morgan fingerprint density at radius 2 is 1.41 bits per heavy atom. The lowest BCUT2D eigenvalue weighted by molar-refractivity contribution is -0.119. The zero-order valence-corrected chi connectivity index (χ0v) is 16.2. The summed E-state index contributed by atoms with van der Waals surface area (Å²) in [5, 5.41) is 2.91. The van der Waals surface area contributed by atoms with Crippen LogP contribution >= 0.6 is 11.6 Å². The molecule has 0 saturated carbocycles. The van der Waals surface area contributed by atoms with Gasteiger partial charge < -0.3 is 11.1 Å². The van der Waals surface area contributed by atoms with Gasteiger partial charge in [-0.1, -0.05) is 78.3 Å². The Labute approximate surface area is 173 Å². The van der Waals surface area contributed by atoms with E-state index in [1.807, 2.05) is 6.07 Å². The first-order chi connectivity index (χ1) is 14.0. The number of primary amides is 1. The van der Waals surface area contributed by atoms with Crippen molar-refractivity contribution in [1.82, 2.24) is 5.32 Å². The lowest BCUT2D eigenvalue weighted by Crippen LogP contribution is -2.45. The zero-order chi connectivity index (χ0) is 20.8. The number of carbonyl (C=O) groups is 3. The number of halogens is 1. The van der Waals surface area contributed by atoms with E-state index in [1.165, 1.54) is 0 Å². The Morgan fingerprint density at radius 1 is 0.828 bits per heavy atom. The maximum atomic E-state index is 12.5. The average Bonchev–Trinajstić information content (AvgIpc) is 2.74. The lowest BCUT2D eigenvalue weighted by Gasteiger charge is -2.16. The third-order valence-corrected chi connectivity index (χ3v) is 4.79. The molecule has 0 fully saturated rings. The summed E-state index contributed by atoms with van der Waals surface area (Å²) in [5.74, 6) is -1.22. The predicted octanol–water partition coefficient (Wildman–Crippen LogP) is 3.40. The first kappa shape index (κ1) is 20.3. The maximum absolute atomic E-state index is 12.5. The molecule has 146 valence electrons. The number of nitrogens with one attached hydrogen (secondary N) is 1. The average molecular weight is 407 g/mol. The molecule has 1 atom stereocenters. The van der Waals surface area contributed by atoms with Crippen molar-refractivity contribution >= 4 is 29.2 Å². The fourth-order valence-corrected chi connectivity index (χ4v) is 3.11. The van der Waals surface area contributed by atoms with Crippen LogP contribution in [-0.4, -0.2) is 23.6 Å². The van der Waals surface area contributed by atoms with E-state index >= 15 is 0 Å². The molecule has 29 heavy (non-hydrogen) atoms. The number of carbonyl (C=O) groups excluding carboxylic acids is 3. The van der Waals surface area contributed by atoms with Gasteiger partial charge in [0, 0.05) is 17.5 Å². The number of amides is 2. The van der Waals surface area contributed by atoms with Gasteiger partial charge in [0.15, 0.2) is 5.78 Å². The summed E-state index contributed by atoms with van der Waals surface area (Å²) in [6, 6.07) is 21.5. The molecule has 0 saturated heterocycles. The summed E-state index contributed by atoms with van der Waals surface area (Å²) in [5.41, 5.74) is 7.63. The minimum atomic E-state index is -0.908. The highest BCUT2D eigenvalue weighted by atomic mass is 35.5. The van der Waals surface area contributed by atoms with Crippen LogP contribution in [0.3, 0.4) is 0 Å². The van der Waals surface area contributed by atoms with Crippen molar-refractivity contribution in [3.8, 4) is 0 Å². The molecule has 2 amide bonds. The topological polar surface area (TPSA) is 89.3 Å². The normalized spacial score (nSPS) is 11.5. The van der Waals surface area contributed by atoms with E-state index in [9.17, 15) is 14.4 Å². The molecule has 3 aromatic carbocycles. The summed E-state index contributed by atoms with van der Waals surface area (Å²) in [6.45, 7) is 0. The van der Waals surface area contributed by atoms with E-state index in [0.717, 1.165) is 5.56 Å². The number of hydrogen-bond acceptors (Lipinski definition) is 3. The quantitative estimate of drug-likeness (QED) is 0.589. The highest BCUT2D eigenvalue weighted by Crippen LogP contribution is 2.16. The fourth-order valence-electron chi connectivity index (χ4n) is 2.89. The largest absolute Gasteiger partial charge is 0.368 e. The van der Waals surface area contributed by atoms with Crippen LogP contribution in [0.1, 0.15) is 31.8 Å². The van der Waals surface area contributed by atoms with Crippen LogP contribution in [0.4, 0.5) is 0 Å². The highest BCUT2D eigenvalue weighted by Gasteiger charge is 2.21. The highest BCUT2D eigenvalue weighted by molar-refractivity contribution is 6.33. The van der Waals surface area contributed by atoms with E-state index in [1.54, 1.807) is 72.8 Å². The SMILES string of the molecule is NC(=O)[C@@H](Cc1ccc(C(=O)c2ccccc2)cc1)NC(=O)c1ccccc1Cl. The van der Waals surface area contributed by atoms with E-state index in [-0.39, 0.29) is 22.8 Å². The molecule has 0 aliphatic heterocycles.